The predicted octanol–water partition coefficient (Wildman–Crippen LogP) is 2.68. The van der Waals surface area contributed by atoms with Crippen molar-refractivity contribution in [1.29, 1.82) is 0 Å². The van der Waals surface area contributed by atoms with Gasteiger partial charge in [-0.1, -0.05) is 6.42 Å². The summed E-state index contributed by atoms with van der Waals surface area (Å²) < 4.78 is 5.86. The lowest BCUT2D eigenvalue weighted by molar-refractivity contribution is -0.130. The Bertz CT molecular complexity index is 662. The monoisotopic (exact) mass is 401 g/mol. The molecule has 0 aromatic heterocycles. The SMILES string of the molecule is CC(=O)N1CCN(C(C)C(=O)c2ccc(OCCCN3CCCCC3)cc2)CC1. The lowest BCUT2D eigenvalue weighted by Crippen LogP contribution is -2.52. The van der Waals surface area contributed by atoms with Gasteiger partial charge in [0.25, 0.3) is 0 Å². The van der Waals surface area contributed by atoms with Crippen LogP contribution >= 0.6 is 0 Å². The van der Waals surface area contributed by atoms with E-state index >= 15 is 0 Å². The van der Waals surface area contributed by atoms with Crippen molar-refractivity contribution >= 4 is 11.7 Å². The molecule has 2 aliphatic heterocycles. The first-order valence-corrected chi connectivity index (χ1v) is 11.0. The van der Waals surface area contributed by atoms with Crippen LogP contribution in [0, 0.1) is 0 Å². The number of Topliss-reactive ketones (excluding diaryl/α,β-unsaturated/α-hetero) is 1. The molecule has 6 heteroatoms. The number of hydrogen-bond donors (Lipinski definition) is 0. The first-order chi connectivity index (χ1) is 14.0. The molecule has 2 heterocycles. The maximum atomic E-state index is 12.8. The van der Waals surface area contributed by atoms with E-state index in [4.69, 9.17) is 4.74 Å². The van der Waals surface area contributed by atoms with Gasteiger partial charge >= 0.3 is 0 Å². The van der Waals surface area contributed by atoms with Crippen LogP contribution in [0.2, 0.25) is 0 Å². The van der Waals surface area contributed by atoms with E-state index in [0.717, 1.165) is 31.8 Å². The molecule has 0 bridgehead atoms. The fourth-order valence-corrected chi connectivity index (χ4v) is 4.21. The standard InChI is InChI=1S/C23H35N3O3/c1-19(25-14-16-26(17-15-25)20(2)27)23(28)21-7-9-22(10-8-21)29-18-6-13-24-11-4-3-5-12-24/h7-10,19H,3-6,11-18H2,1-2H3. The summed E-state index contributed by atoms with van der Waals surface area (Å²) in [6.07, 6.45) is 5.04. The molecule has 160 valence electrons. The highest BCUT2D eigenvalue weighted by Crippen LogP contribution is 2.17. The summed E-state index contributed by atoms with van der Waals surface area (Å²) in [6, 6.07) is 7.35. The molecule has 3 rings (SSSR count). The number of ether oxygens (including phenoxy) is 1. The molecular weight excluding hydrogens is 366 g/mol. The number of carbonyl (C=O) groups is 2. The van der Waals surface area contributed by atoms with Gasteiger partial charge in [0.05, 0.1) is 12.6 Å². The Morgan fingerprint density at radius 3 is 2.24 bits per heavy atom. The Hall–Kier alpha value is -1.92. The number of ketones is 1. The van der Waals surface area contributed by atoms with Crippen LogP contribution in [0.25, 0.3) is 0 Å². The predicted molar refractivity (Wildman–Crippen MR) is 114 cm³/mol. The zero-order valence-corrected chi connectivity index (χ0v) is 17.9. The number of rotatable bonds is 8. The van der Waals surface area contributed by atoms with Gasteiger partial charge in [-0.15, -0.1) is 0 Å². The quantitative estimate of drug-likeness (QED) is 0.495. The van der Waals surface area contributed by atoms with Crippen molar-refractivity contribution in [3.8, 4) is 5.75 Å². The van der Waals surface area contributed by atoms with Crippen LogP contribution in [-0.2, 0) is 4.79 Å². The number of amides is 1. The van der Waals surface area contributed by atoms with E-state index in [2.05, 4.69) is 9.80 Å². The zero-order chi connectivity index (χ0) is 20.6. The van der Waals surface area contributed by atoms with E-state index in [0.29, 0.717) is 25.3 Å². The molecule has 6 nitrogen and oxygen atoms in total. The van der Waals surface area contributed by atoms with Gasteiger partial charge in [0.15, 0.2) is 5.78 Å². The largest absolute Gasteiger partial charge is 0.494 e. The molecule has 2 saturated heterocycles. The second-order valence-corrected chi connectivity index (χ2v) is 8.21. The van der Waals surface area contributed by atoms with Gasteiger partial charge in [0, 0.05) is 45.2 Å². The van der Waals surface area contributed by atoms with E-state index in [1.165, 1.54) is 32.4 Å². The number of likely N-dealkylation sites (tertiary alicyclic amines) is 1. The molecule has 0 N–H and O–H groups in total. The van der Waals surface area contributed by atoms with Crippen molar-refractivity contribution in [2.45, 2.75) is 45.6 Å². The summed E-state index contributed by atoms with van der Waals surface area (Å²) in [7, 11) is 0. The topological polar surface area (TPSA) is 53.1 Å². The summed E-state index contributed by atoms with van der Waals surface area (Å²) in [4.78, 5) is 30.8. The smallest absolute Gasteiger partial charge is 0.219 e. The Labute approximate surface area is 174 Å². The normalized spacial score (nSPS) is 19.7. The molecule has 2 aliphatic rings. The van der Waals surface area contributed by atoms with Crippen molar-refractivity contribution < 1.29 is 14.3 Å². The van der Waals surface area contributed by atoms with Crippen LogP contribution in [-0.4, -0.2) is 84.9 Å². The maximum absolute atomic E-state index is 12.8. The molecule has 29 heavy (non-hydrogen) atoms. The van der Waals surface area contributed by atoms with E-state index in [-0.39, 0.29) is 17.7 Å². The van der Waals surface area contributed by atoms with Crippen LogP contribution in [0.1, 0.15) is 49.9 Å². The molecule has 1 unspecified atom stereocenters. The van der Waals surface area contributed by atoms with E-state index in [9.17, 15) is 9.59 Å². The summed E-state index contributed by atoms with van der Waals surface area (Å²) in [5.41, 5.74) is 0.715. The molecule has 1 atom stereocenters. The van der Waals surface area contributed by atoms with Gasteiger partial charge in [-0.3, -0.25) is 14.5 Å². The molecule has 2 fully saturated rings. The minimum atomic E-state index is -0.180. The third-order valence-electron chi connectivity index (χ3n) is 6.16. The molecule has 0 saturated carbocycles. The summed E-state index contributed by atoms with van der Waals surface area (Å²) >= 11 is 0. The van der Waals surface area contributed by atoms with Gasteiger partial charge in [-0.05, 0) is 63.5 Å². The van der Waals surface area contributed by atoms with Crippen molar-refractivity contribution in [3.05, 3.63) is 29.8 Å². The third-order valence-corrected chi connectivity index (χ3v) is 6.16. The summed E-state index contributed by atoms with van der Waals surface area (Å²) in [6.45, 7) is 10.7. The van der Waals surface area contributed by atoms with Crippen molar-refractivity contribution in [1.82, 2.24) is 14.7 Å². The highest BCUT2D eigenvalue weighted by molar-refractivity contribution is 6.00. The Morgan fingerprint density at radius 1 is 0.966 bits per heavy atom. The second-order valence-electron chi connectivity index (χ2n) is 8.21. The van der Waals surface area contributed by atoms with E-state index < -0.39 is 0 Å². The van der Waals surface area contributed by atoms with Crippen LogP contribution in [0.4, 0.5) is 0 Å². The van der Waals surface area contributed by atoms with Gasteiger partial charge in [-0.2, -0.15) is 0 Å². The Morgan fingerprint density at radius 2 is 1.62 bits per heavy atom. The van der Waals surface area contributed by atoms with Crippen molar-refractivity contribution in [3.63, 3.8) is 0 Å². The van der Waals surface area contributed by atoms with Crippen LogP contribution in [0.15, 0.2) is 24.3 Å². The molecule has 1 aromatic rings. The summed E-state index contributed by atoms with van der Waals surface area (Å²) in [5, 5.41) is 0. The minimum Gasteiger partial charge on any atom is -0.494 e. The zero-order valence-electron chi connectivity index (χ0n) is 17.9. The number of piperidine rings is 1. The molecular formula is C23H35N3O3. The summed E-state index contributed by atoms with van der Waals surface area (Å²) in [5.74, 6) is 1.05. The van der Waals surface area contributed by atoms with Gasteiger partial charge < -0.3 is 14.5 Å². The molecule has 0 aliphatic carbocycles. The number of nitrogens with zero attached hydrogens (tertiary/aromatic N) is 3. The van der Waals surface area contributed by atoms with Crippen molar-refractivity contribution in [2.24, 2.45) is 0 Å². The van der Waals surface area contributed by atoms with Crippen LogP contribution < -0.4 is 4.74 Å². The second kappa shape index (κ2) is 10.7. The van der Waals surface area contributed by atoms with E-state index in [1.807, 2.05) is 36.1 Å². The number of hydrogen-bond acceptors (Lipinski definition) is 5. The van der Waals surface area contributed by atoms with E-state index in [1.54, 1.807) is 6.92 Å². The fourth-order valence-electron chi connectivity index (χ4n) is 4.21. The molecule has 0 radical (unpaired) electrons. The lowest BCUT2D eigenvalue weighted by Gasteiger charge is -2.37. The highest BCUT2D eigenvalue weighted by Gasteiger charge is 2.27. The Kier molecular flexibility index (Phi) is 8.07. The third kappa shape index (κ3) is 6.28. The van der Waals surface area contributed by atoms with Gasteiger partial charge in [-0.25, -0.2) is 0 Å². The maximum Gasteiger partial charge on any atom is 0.219 e. The Balaban J connectivity index is 1.41. The first kappa shape index (κ1) is 21.8. The molecule has 1 amide bonds. The fraction of sp³-hybridized carbons (Fsp3) is 0.652. The average Bonchev–Trinajstić information content (AvgIpc) is 2.77. The van der Waals surface area contributed by atoms with Crippen LogP contribution in [0.3, 0.4) is 0 Å². The van der Waals surface area contributed by atoms with Gasteiger partial charge in [0.2, 0.25) is 5.91 Å². The molecule has 0 spiro atoms. The van der Waals surface area contributed by atoms with Crippen molar-refractivity contribution in [2.75, 3.05) is 52.4 Å². The number of piperazine rings is 1. The number of benzene rings is 1. The average molecular weight is 402 g/mol. The minimum absolute atomic E-state index is 0.107. The lowest BCUT2D eigenvalue weighted by atomic mass is 10.0. The highest BCUT2D eigenvalue weighted by atomic mass is 16.5. The van der Waals surface area contributed by atoms with Gasteiger partial charge in [0.1, 0.15) is 5.75 Å². The van der Waals surface area contributed by atoms with Crippen LogP contribution in [0.5, 0.6) is 5.75 Å². The first-order valence-electron chi connectivity index (χ1n) is 11.0. The molecule has 1 aromatic carbocycles. The number of carbonyl (C=O) groups excluding carboxylic acids is 2.